The summed E-state index contributed by atoms with van der Waals surface area (Å²) in [6, 6.07) is 4.79. The van der Waals surface area contributed by atoms with E-state index in [1.54, 1.807) is 12.1 Å². The molecule has 0 bridgehead atoms. The first-order valence-electron chi connectivity index (χ1n) is 5.14. The van der Waals surface area contributed by atoms with E-state index in [-0.39, 0.29) is 0 Å². The molecule has 0 aliphatic heterocycles. The van der Waals surface area contributed by atoms with Gasteiger partial charge >= 0.3 is 12.0 Å². The lowest BCUT2D eigenvalue weighted by atomic mass is 10.2. The van der Waals surface area contributed by atoms with Crippen LogP contribution in [0.25, 0.3) is 0 Å². The third kappa shape index (κ3) is 4.17. The number of rotatable bonds is 4. The third-order valence-corrected chi connectivity index (χ3v) is 2.04. The number of ether oxygens (including phenoxy) is 1. The van der Waals surface area contributed by atoms with Crippen molar-refractivity contribution in [1.82, 2.24) is 5.32 Å². The van der Waals surface area contributed by atoms with Crippen molar-refractivity contribution in [2.24, 2.45) is 0 Å². The number of methoxy groups -OCH3 is 1. The third-order valence-electron chi connectivity index (χ3n) is 2.04. The number of amides is 2. The van der Waals surface area contributed by atoms with Crippen LogP contribution in [0.15, 0.2) is 30.5 Å². The summed E-state index contributed by atoms with van der Waals surface area (Å²) in [6.07, 6.45) is 1.87. The first-order valence-corrected chi connectivity index (χ1v) is 5.14. The van der Waals surface area contributed by atoms with Crippen LogP contribution < -0.4 is 15.4 Å². The number of nitrogens with one attached hydrogen (secondary N) is 2. The second-order valence-corrected chi connectivity index (χ2v) is 3.47. The van der Waals surface area contributed by atoms with Crippen molar-refractivity contribution in [1.29, 1.82) is 0 Å². The van der Waals surface area contributed by atoms with E-state index in [1.807, 2.05) is 13.0 Å². The van der Waals surface area contributed by atoms with Crippen LogP contribution in [0.2, 0.25) is 0 Å². The Morgan fingerprint density at radius 3 is 2.72 bits per heavy atom. The Balaban J connectivity index is 2.69. The highest BCUT2D eigenvalue weighted by Crippen LogP contribution is 2.24. The Labute approximate surface area is 104 Å². The van der Waals surface area contributed by atoms with Gasteiger partial charge in [0, 0.05) is 12.3 Å². The average Bonchev–Trinajstić information content (AvgIpc) is 2.28. The van der Waals surface area contributed by atoms with Crippen molar-refractivity contribution in [3.8, 4) is 5.75 Å². The highest BCUT2D eigenvalue weighted by Gasteiger charge is 2.06. The van der Waals surface area contributed by atoms with Crippen molar-refractivity contribution in [3.05, 3.63) is 36.0 Å². The molecule has 0 saturated heterocycles. The van der Waals surface area contributed by atoms with Crippen LogP contribution in [-0.4, -0.2) is 24.2 Å². The maximum atomic E-state index is 11.5. The molecule has 1 aromatic rings. The fourth-order valence-corrected chi connectivity index (χ4v) is 1.27. The van der Waals surface area contributed by atoms with Crippen molar-refractivity contribution < 1.29 is 19.4 Å². The smallest absolute Gasteiger partial charge is 0.329 e. The molecule has 0 aliphatic rings. The zero-order chi connectivity index (χ0) is 13.5. The topological polar surface area (TPSA) is 87.7 Å². The molecule has 3 N–H and O–H groups in total. The fraction of sp³-hybridized carbons (Fsp3) is 0.167. The molecule has 0 heterocycles. The van der Waals surface area contributed by atoms with Gasteiger partial charge in [-0.15, -0.1) is 0 Å². The minimum atomic E-state index is -1.14. The van der Waals surface area contributed by atoms with Crippen LogP contribution >= 0.6 is 0 Å². The minimum Gasteiger partial charge on any atom is -0.495 e. The number of anilines is 1. The molecule has 0 fully saturated rings. The molecule has 0 radical (unpaired) electrons. The molecule has 6 nitrogen and oxygen atoms in total. The summed E-state index contributed by atoms with van der Waals surface area (Å²) in [5, 5.41) is 13.2. The number of carbonyl (C=O) groups is 2. The Hall–Kier alpha value is -2.50. The quantitative estimate of drug-likeness (QED) is 0.710. The van der Waals surface area contributed by atoms with Crippen molar-refractivity contribution in [2.75, 3.05) is 12.4 Å². The molecule has 0 aliphatic carbocycles. The van der Waals surface area contributed by atoms with Gasteiger partial charge in [0.15, 0.2) is 0 Å². The van der Waals surface area contributed by atoms with Gasteiger partial charge in [-0.05, 0) is 24.6 Å². The number of urea groups is 1. The number of hydrogen-bond acceptors (Lipinski definition) is 3. The highest BCUT2D eigenvalue weighted by atomic mass is 16.5. The second-order valence-electron chi connectivity index (χ2n) is 3.47. The minimum absolute atomic E-state index is 0.513. The monoisotopic (exact) mass is 250 g/mol. The van der Waals surface area contributed by atoms with Gasteiger partial charge in [-0.25, -0.2) is 9.59 Å². The number of carboxylic acid groups (broad SMARTS) is 1. The Morgan fingerprint density at radius 1 is 1.39 bits per heavy atom. The van der Waals surface area contributed by atoms with Gasteiger partial charge in [-0.1, -0.05) is 6.07 Å². The predicted octanol–water partition coefficient (Wildman–Crippen LogP) is 1.72. The van der Waals surface area contributed by atoms with E-state index in [0.717, 1.165) is 17.8 Å². The van der Waals surface area contributed by atoms with Gasteiger partial charge in [0.05, 0.1) is 12.8 Å². The summed E-state index contributed by atoms with van der Waals surface area (Å²) in [6.45, 7) is 1.88. The Bertz CT molecular complexity index is 483. The van der Waals surface area contributed by atoms with Gasteiger partial charge in [-0.3, -0.25) is 0 Å². The van der Waals surface area contributed by atoms with Crippen molar-refractivity contribution in [3.63, 3.8) is 0 Å². The largest absolute Gasteiger partial charge is 0.495 e. The zero-order valence-corrected chi connectivity index (χ0v) is 10.1. The molecule has 18 heavy (non-hydrogen) atoms. The van der Waals surface area contributed by atoms with Crippen LogP contribution in [0.1, 0.15) is 5.56 Å². The number of carbonyl (C=O) groups excluding carboxylic acids is 1. The SMILES string of the molecule is COc1ccc(C)cc1NC(=O)N/C=C/C(=O)O. The van der Waals surface area contributed by atoms with E-state index >= 15 is 0 Å². The first-order chi connectivity index (χ1) is 8.52. The molecular formula is C12H14N2O4. The molecule has 0 spiro atoms. The van der Waals surface area contributed by atoms with E-state index in [1.165, 1.54) is 7.11 Å². The highest BCUT2D eigenvalue weighted by molar-refractivity contribution is 5.92. The summed E-state index contributed by atoms with van der Waals surface area (Å²) in [5.41, 5.74) is 1.48. The van der Waals surface area contributed by atoms with Crippen LogP contribution in [0.4, 0.5) is 10.5 Å². The lowest BCUT2D eigenvalue weighted by molar-refractivity contribution is -0.131. The standard InChI is InChI=1S/C12H14N2O4/c1-8-3-4-10(18-2)9(7-8)14-12(17)13-6-5-11(15)16/h3-7H,1-2H3,(H,15,16)(H2,13,14,17)/b6-5+. The summed E-state index contributed by atoms with van der Waals surface area (Å²) >= 11 is 0. The number of aliphatic carboxylic acids is 1. The molecule has 6 heteroatoms. The summed E-state index contributed by atoms with van der Waals surface area (Å²) in [4.78, 5) is 21.7. The summed E-state index contributed by atoms with van der Waals surface area (Å²) < 4.78 is 5.09. The van der Waals surface area contributed by atoms with Gasteiger partial charge in [-0.2, -0.15) is 0 Å². The fourth-order valence-electron chi connectivity index (χ4n) is 1.27. The van der Waals surface area contributed by atoms with E-state index in [4.69, 9.17) is 9.84 Å². The van der Waals surface area contributed by atoms with Crippen LogP contribution in [0, 0.1) is 6.92 Å². The molecule has 0 aromatic heterocycles. The summed E-state index contributed by atoms with van der Waals surface area (Å²) in [5.74, 6) is -0.610. The van der Waals surface area contributed by atoms with E-state index in [2.05, 4.69) is 10.6 Å². The lowest BCUT2D eigenvalue weighted by Crippen LogP contribution is -2.24. The summed E-state index contributed by atoms with van der Waals surface area (Å²) in [7, 11) is 1.50. The molecular weight excluding hydrogens is 236 g/mol. The number of benzene rings is 1. The van der Waals surface area contributed by atoms with Gasteiger partial charge < -0.3 is 20.5 Å². The van der Waals surface area contributed by atoms with E-state index < -0.39 is 12.0 Å². The zero-order valence-electron chi connectivity index (χ0n) is 10.1. The number of carboxylic acids is 1. The van der Waals surface area contributed by atoms with Crippen LogP contribution in [0.5, 0.6) is 5.75 Å². The van der Waals surface area contributed by atoms with Gasteiger partial charge in [0.1, 0.15) is 5.75 Å². The average molecular weight is 250 g/mol. The van der Waals surface area contributed by atoms with E-state index in [0.29, 0.717) is 11.4 Å². The van der Waals surface area contributed by atoms with Crippen LogP contribution in [-0.2, 0) is 4.79 Å². The molecule has 1 rings (SSSR count). The maximum absolute atomic E-state index is 11.5. The van der Waals surface area contributed by atoms with Gasteiger partial charge in [0.25, 0.3) is 0 Å². The molecule has 0 saturated carbocycles. The number of aryl methyl sites for hydroxylation is 1. The molecule has 2 amide bonds. The van der Waals surface area contributed by atoms with Crippen molar-refractivity contribution in [2.45, 2.75) is 6.92 Å². The molecule has 96 valence electrons. The van der Waals surface area contributed by atoms with Crippen LogP contribution in [0.3, 0.4) is 0 Å². The molecule has 0 unspecified atom stereocenters. The van der Waals surface area contributed by atoms with E-state index in [9.17, 15) is 9.59 Å². The molecule has 1 aromatic carbocycles. The number of hydrogen-bond donors (Lipinski definition) is 3. The van der Waals surface area contributed by atoms with Crippen molar-refractivity contribution >= 4 is 17.7 Å². The van der Waals surface area contributed by atoms with Gasteiger partial charge in [0.2, 0.25) is 0 Å². The first kappa shape index (κ1) is 13.6. The Morgan fingerprint density at radius 2 is 2.11 bits per heavy atom. The predicted molar refractivity (Wildman–Crippen MR) is 66.7 cm³/mol. The molecule has 0 atom stereocenters. The Kier molecular flexibility index (Phi) is 4.74. The maximum Gasteiger partial charge on any atom is 0.329 e. The second kappa shape index (κ2) is 6.29. The lowest BCUT2D eigenvalue weighted by Gasteiger charge is -2.10. The normalized spacial score (nSPS) is 10.1.